The fourth-order valence-electron chi connectivity index (χ4n) is 1.96. The van der Waals surface area contributed by atoms with Crippen molar-refractivity contribution in [2.75, 3.05) is 13.2 Å². The third-order valence-corrected chi connectivity index (χ3v) is 3.37. The Labute approximate surface area is 125 Å². The molecule has 0 heterocycles. The number of aryl methyl sites for hydroxylation is 2. The quantitative estimate of drug-likeness (QED) is 0.810. The fourth-order valence-corrected chi connectivity index (χ4v) is 1.96. The van der Waals surface area contributed by atoms with Crippen molar-refractivity contribution in [3.05, 3.63) is 28.8 Å². The van der Waals surface area contributed by atoms with Gasteiger partial charge in [-0.05, 0) is 43.0 Å². The molecule has 5 heteroatoms. The summed E-state index contributed by atoms with van der Waals surface area (Å²) in [5.41, 5.74) is 2.07. The van der Waals surface area contributed by atoms with Gasteiger partial charge >= 0.3 is 5.97 Å². The summed E-state index contributed by atoms with van der Waals surface area (Å²) in [4.78, 5) is 22.7. The van der Waals surface area contributed by atoms with Gasteiger partial charge in [-0.3, -0.25) is 4.79 Å². The van der Waals surface area contributed by atoms with Crippen molar-refractivity contribution in [2.45, 2.75) is 34.1 Å². The van der Waals surface area contributed by atoms with E-state index in [-0.39, 0.29) is 12.5 Å². The highest BCUT2D eigenvalue weighted by Crippen LogP contribution is 2.24. The number of aliphatic carboxylic acids is 1. The summed E-state index contributed by atoms with van der Waals surface area (Å²) < 4.78 is 5.25. The number of carbonyl (C=O) groups excluding carboxylic acids is 1. The molecule has 1 aromatic carbocycles. The zero-order valence-corrected chi connectivity index (χ0v) is 13.0. The Kier molecular flexibility index (Phi) is 6.21. The van der Waals surface area contributed by atoms with E-state index in [4.69, 9.17) is 9.84 Å². The first kappa shape index (κ1) is 17.0. The highest BCUT2D eigenvalue weighted by Gasteiger charge is 2.13. The molecule has 0 radical (unpaired) electrons. The smallest absolute Gasteiger partial charge is 0.341 e. The molecule has 0 saturated heterocycles. The van der Waals surface area contributed by atoms with Crippen LogP contribution in [0.3, 0.4) is 0 Å². The second-order valence-corrected chi connectivity index (χ2v) is 5.35. The van der Waals surface area contributed by atoms with Gasteiger partial charge in [-0.2, -0.15) is 0 Å². The Balaban J connectivity index is 2.82. The van der Waals surface area contributed by atoms with Crippen LogP contribution < -0.4 is 10.1 Å². The minimum Gasteiger partial charge on any atom is -0.481 e. The van der Waals surface area contributed by atoms with E-state index in [9.17, 15) is 9.59 Å². The number of amides is 1. The van der Waals surface area contributed by atoms with E-state index in [0.29, 0.717) is 23.8 Å². The highest BCUT2D eigenvalue weighted by molar-refractivity contribution is 5.94. The van der Waals surface area contributed by atoms with Gasteiger partial charge in [0, 0.05) is 12.1 Å². The molecule has 0 spiro atoms. The number of rotatable bonds is 7. The van der Waals surface area contributed by atoms with Crippen LogP contribution in [0.4, 0.5) is 0 Å². The lowest BCUT2D eigenvalue weighted by Crippen LogP contribution is -2.28. The Morgan fingerprint density at radius 2 is 1.86 bits per heavy atom. The van der Waals surface area contributed by atoms with Crippen molar-refractivity contribution in [2.24, 2.45) is 5.92 Å². The van der Waals surface area contributed by atoms with Crippen molar-refractivity contribution in [3.63, 3.8) is 0 Å². The van der Waals surface area contributed by atoms with Crippen LogP contribution in [0.5, 0.6) is 5.75 Å². The number of nitrogens with one attached hydrogen (secondary N) is 1. The monoisotopic (exact) mass is 293 g/mol. The summed E-state index contributed by atoms with van der Waals surface area (Å²) in [6, 6.07) is 3.44. The number of benzene rings is 1. The van der Waals surface area contributed by atoms with E-state index in [2.05, 4.69) is 19.2 Å². The van der Waals surface area contributed by atoms with Crippen LogP contribution in [0.1, 0.15) is 41.8 Å². The summed E-state index contributed by atoms with van der Waals surface area (Å²) in [6.07, 6.45) is 1.01. The van der Waals surface area contributed by atoms with E-state index in [1.807, 2.05) is 0 Å². The zero-order valence-electron chi connectivity index (χ0n) is 13.0. The van der Waals surface area contributed by atoms with Crippen molar-refractivity contribution in [3.8, 4) is 5.75 Å². The van der Waals surface area contributed by atoms with Crippen LogP contribution in [0.15, 0.2) is 12.1 Å². The number of carboxylic acids is 1. The Bertz CT molecular complexity index is 502. The normalized spacial score (nSPS) is 11.8. The maximum Gasteiger partial charge on any atom is 0.341 e. The lowest BCUT2D eigenvalue weighted by Gasteiger charge is -2.14. The Hall–Kier alpha value is -2.04. The van der Waals surface area contributed by atoms with E-state index >= 15 is 0 Å². The summed E-state index contributed by atoms with van der Waals surface area (Å²) in [7, 11) is 0. The molecule has 1 amide bonds. The van der Waals surface area contributed by atoms with E-state index in [1.54, 1.807) is 26.0 Å². The minimum atomic E-state index is -1.02. The minimum absolute atomic E-state index is 0.119. The van der Waals surface area contributed by atoms with Crippen LogP contribution in [-0.2, 0) is 4.79 Å². The standard InChI is InChI=1S/C16H23NO4/c1-5-10(2)8-17-16(20)13-6-11(3)15(12(4)7-13)21-9-14(18)19/h6-7,10H,5,8-9H2,1-4H3,(H,17,20)(H,18,19). The maximum atomic E-state index is 12.1. The van der Waals surface area contributed by atoms with Gasteiger partial charge in [0.05, 0.1) is 0 Å². The molecule has 1 rings (SSSR count). The summed E-state index contributed by atoms with van der Waals surface area (Å²) in [6.45, 7) is 8.02. The van der Waals surface area contributed by atoms with Gasteiger partial charge in [0.25, 0.3) is 5.91 Å². The summed E-state index contributed by atoms with van der Waals surface area (Å²) >= 11 is 0. The largest absolute Gasteiger partial charge is 0.481 e. The van der Waals surface area contributed by atoms with Gasteiger partial charge in [0.2, 0.25) is 0 Å². The van der Waals surface area contributed by atoms with Crippen LogP contribution in [0, 0.1) is 19.8 Å². The van der Waals surface area contributed by atoms with Crippen LogP contribution in [0.2, 0.25) is 0 Å². The predicted octanol–water partition coefficient (Wildman–Crippen LogP) is 2.54. The third-order valence-electron chi connectivity index (χ3n) is 3.37. The topological polar surface area (TPSA) is 75.6 Å². The molecule has 5 nitrogen and oxygen atoms in total. The second kappa shape index (κ2) is 7.67. The number of carboxylic acid groups (broad SMARTS) is 1. The molecule has 1 aromatic rings. The first-order chi connectivity index (χ1) is 9.85. The molecule has 1 atom stereocenters. The second-order valence-electron chi connectivity index (χ2n) is 5.35. The molecule has 0 aliphatic rings. The highest BCUT2D eigenvalue weighted by atomic mass is 16.5. The molecule has 0 fully saturated rings. The summed E-state index contributed by atoms with van der Waals surface area (Å²) in [5, 5.41) is 11.6. The van der Waals surface area contributed by atoms with E-state index in [1.165, 1.54) is 0 Å². The zero-order chi connectivity index (χ0) is 16.0. The van der Waals surface area contributed by atoms with Gasteiger partial charge < -0.3 is 15.2 Å². The molecule has 0 aromatic heterocycles. The maximum absolute atomic E-state index is 12.1. The number of hydrogen-bond acceptors (Lipinski definition) is 3. The van der Waals surface area contributed by atoms with Gasteiger partial charge in [-0.1, -0.05) is 20.3 Å². The molecule has 1 unspecified atom stereocenters. The van der Waals surface area contributed by atoms with Gasteiger partial charge in [-0.15, -0.1) is 0 Å². The molecule has 0 aliphatic carbocycles. The van der Waals surface area contributed by atoms with Crippen molar-refractivity contribution < 1.29 is 19.4 Å². The van der Waals surface area contributed by atoms with Crippen LogP contribution in [0.25, 0.3) is 0 Å². The van der Waals surface area contributed by atoms with Gasteiger partial charge in [0.1, 0.15) is 5.75 Å². The third kappa shape index (κ3) is 5.10. The van der Waals surface area contributed by atoms with Gasteiger partial charge in [0.15, 0.2) is 6.61 Å². The number of ether oxygens (including phenoxy) is 1. The van der Waals surface area contributed by atoms with Crippen molar-refractivity contribution >= 4 is 11.9 Å². The Morgan fingerprint density at radius 1 is 1.29 bits per heavy atom. The van der Waals surface area contributed by atoms with Crippen LogP contribution >= 0.6 is 0 Å². The molecular formula is C16H23NO4. The fraction of sp³-hybridized carbons (Fsp3) is 0.500. The lowest BCUT2D eigenvalue weighted by atomic mass is 10.0. The average Bonchev–Trinajstić information content (AvgIpc) is 2.42. The molecule has 0 saturated carbocycles. The molecule has 0 aliphatic heterocycles. The van der Waals surface area contributed by atoms with Gasteiger partial charge in [-0.25, -0.2) is 4.79 Å². The Morgan fingerprint density at radius 3 is 2.33 bits per heavy atom. The first-order valence-corrected chi connectivity index (χ1v) is 7.09. The first-order valence-electron chi connectivity index (χ1n) is 7.09. The van der Waals surface area contributed by atoms with E-state index in [0.717, 1.165) is 17.5 Å². The predicted molar refractivity (Wildman–Crippen MR) is 80.8 cm³/mol. The summed E-state index contributed by atoms with van der Waals surface area (Å²) in [5.74, 6) is -0.180. The number of hydrogen-bond donors (Lipinski definition) is 2. The van der Waals surface area contributed by atoms with E-state index < -0.39 is 5.97 Å². The lowest BCUT2D eigenvalue weighted by molar-refractivity contribution is -0.139. The van der Waals surface area contributed by atoms with Crippen molar-refractivity contribution in [1.82, 2.24) is 5.32 Å². The molecular weight excluding hydrogens is 270 g/mol. The molecule has 116 valence electrons. The molecule has 21 heavy (non-hydrogen) atoms. The number of carbonyl (C=O) groups is 2. The van der Waals surface area contributed by atoms with Crippen molar-refractivity contribution in [1.29, 1.82) is 0 Å². The molecule has 2 N–H and O–H groups in total. The average molecular weight is 293 g/mol. The SMILES string of the molecule is CCC(C)CNC(=O)c1cc(C)c(OCC(=O)O)c(C)c1. The molecule has 0 bridgehead atoms. The van der Waals surface area contributed by atoms with Crippen LogP contribution in [-0.4, -0.2) is 30.1 Å².